The lowest BCUT2D eigenvalue weighted by molar-refractivity contribution is -0.146. The van der Waals surface area contributed by atoms with Gasteiger partial charge in [0, 0.05) is 21.5 Å². The van der Waals surface area contributed by atoms with E-state index in [-0.39, 0.29) is 17.6 Å². The average Bonchev–Trinajstić information content (AvgIpc) is 3.36. The number of allylic oxidation sites excluding steroid dienone is 2. The molecule has 36 heavy (non-hydrogen) atoms. The Bertz CT molecular complexity index is 1270. The van der Waals surface area contributed by atoms with Crippen LogP contribution in [0.25, 0.3) is 11.3 Å². The monoisotopic (exact) mass is 523 g/mol. The minimum atomic E-state index is -0.960. The molecule has 1 heterocycles. The molecule has 0 radical (unpaired) electrons. The molecule has 1 aliphatic carbocycles. The minimum absolute atomic E-state index is 0.177. The quantitative estimate of drug-likeness (QED) is 0.262. The van der Waals surface area contributed by atoms with Gasteiger partial charge in [0.2, 0.25) is 11.8 Å². The number of carbonyl (C=O) groups excluding carboxylic acids is 2. The number of rotatable bonds is 9. The Morgan fingerprint density at radius 2 is 1.78 bits per heavy atom. The molecule has 4 rings (SSSR count). The van der Waals surface area contributed by atoms with Crippen LogP contribution in [0.2, 0.25) is 0 Å². The maximum atomic E-state index is 12.6. The Morgan fingerprint density at radius 3 is 2.50 bits per heavy atom. The van der Waals surface area contributed by atoms with E-state index >= 15 is 0 Å². The van der Waals surface area contributed by atoms with Gasteiger partial charge in [0.05, 0.1) is 30.4 Å². The van der Waals surface area contributed by atoms with E-state index in [1.54, 1.807) is 25.3 Å². The van der Waals surface area contributed by atoms with Crippen molar-refractivity contribution in [3.05, 3.63) is 66.1 Å². The third kappa shape index (κ3) is 6.32. The lowest BCUT2D eigenvalue weighted by atomic mass is 9.82. The standard InChI is InChI=1S/C26H25N3O5S2/c1-34-22-9-5-4-8-20(22)21-14-36-26(28-21)29-23(30)15-35-17-12-10-16(11-13-17)27-24(31)18-6-2-3-7-19(18)25(32)33/h2-5,8-14,18-19H,6-7,15H2,1H3,(H,27,31)(H,32,33)(H,28,29,30). The van der Waals surface area contributed by atoms with Gasteiger partial charge in [0.1, 0.15) is 5.75 Å². The smallest absolute Gasteiger partial charge is 0.307 e. The zero-order valence-corrected chi connectivity index (χ0v) is 21.1. The van der Waals surface area contributed by atoms with Crippen LogP contribution < -0.4 is 15.4 Å². The Labute approximate surface area is 216 Å². The van der Waals surface area contributed by atoms with Gasteiger partial charge in [-0.1, -0.05) is 24.3 Å². The Balaban J connectivity index is 1.28. The van der Waals surface area contributed by atoms with E-state index in [4.69, 9.17) is 4.74 Å². The van der Waals surface area contributed by atoms with Crippen molar-refractivity contribution in [1.82, 2.24) is 4.98 Å². The van der Waals surface area contributed by atoms with Crippen LogP contribution in [0.15, 0.2) is 71.0 Å². The van der Waals surface area contributed by atoms with Crippen molar-refractivity contribution in [1.29, 1.82) is 0 Å². The highest BCUT2D eigenvalue weighted by Crippen LogP contribution is 2.32. The van der Waals surface area contributed by atoms with Crippen molar-refractivity contribution in [3.8, 4) is 17.0 Å². The molecule has 0 saturated heterocycles. The Hall–Kier alpha value is -3.63. The van der Waals surface area contributed by atoms with Crippen LogP contribution in [0.1, 0.15) is 12.8 Å². The number of nitrogens with zero attached hydrogens (tertiary/aromatic N) is 1. The third-order valence-electron chi connectivity index (χ3n) is 5.71. The van der Waals surface area contributed by atoms with Gasteiger partial charge in [-0.2, -0.15) is 0 Å². The van der Waals surface area contributed by atoms with Gasteiger partial charge in [0.25, 0.3) is 0 Å². The number of anilines is 2. The summed E-state index contributed by atoms with van der Waals surface area (Å²) in [4.78, 5) is 41.8. The summed E-state index contributed by atoms with van der Waals surface area (Å²) in [6.45, 7) is 0. The molecule has 0 bridgehead atoms. The number of hydrogen-bond acceptors (Lipinski definition) is 7. The summed E-state index contributed by atoms with van der Waals surface area (Å²) < 4.78 is 5.38. The molecule has 2 unspecified atom stereocenters. The number of para-hydroxylation sites is 1. The highest BCUT2D eigenvalue weighted by atomic mass is 32.2. The average molecular weight is 524 g/mol. The zero-order chi connectivity index (χ0) is 25.5. The molecule has 0 saturated carbocycles. The van der Waals surface area contributed by atoms with E-state index in [2.05, 4.69) is 15.6 Å². The molecule has 8 nitrogen and oxygen atoms in total. The van der Waals surface area contributed by atoms with Crippen molar-refractivity contribution < 1.29 is 24.2 Å². The SMILES string of the molecule is COc1ccccc1-c1csc(NC(=O)CSc2ccc(NC(=O)C3CC=CCC3C(=O)O)cc2)n1. The van der Waals surface area contributed by atoms with E-state index < -0.39 is 17.8 Å². The topological polar surface area (TPSA) is 118 Å². The van der Waals surface area contributed by atoms with Gasteiger partial charge in [-0.3, -0.25) is 14.4 Å². The van der Waals surface area contributed by atoms with Crippen LogP contribution in [0.5, 0.6) is 5.75 Å². The largest absolute Gasteiger partial charge is 0.496 e. The van der Waals surface area contributed by atoms with Crippen molar-refractivity contribution in [2.45, 2.75) is 17.7 Å². The van der Waals surface area contributed by atoms with E-state index in [0.29, 0.717) is 29.4 Å². The van der Waals surface area contributed by atoms with Crippen molar-refractivity contribution in [2.75, 3.05) is 23.5 Å². The molecule has 10 heteroatoms. The number of methoxy groups -OCH3 is 1. The molecule has 3 N–H and O–H groups in total. The highest BCUT2D eigenvalue weighted by Gasteiger charge is 2.33. The number of aromatic nitrogens is 1. The number of aliphatic carboxylic acids is 1. The number of carboxylic acids is 1. The first-order valence-corrected chi connectivity index (χ1v) is 13.1. The summed E-state index contributed by atoms with van der Waals surface area (Å²) in [5.41, 5.74) is 2.17. The molecule has 2 atom stereocenters. The third-order valence-corrected chi connectivity index (χ3v) is 7.48. The number of thioether (sulfide) groups is 1. The summed E-state index contributed by atoms with van der Waals surface area (Å²) in [5.74, 6) is -1.84. The number of ether oxygens (including phenoxy) is 1. The molecule has 2 amide bonds. The maximum absolute atomic E-state index is 12.6. The van der Waals surface area contributed by atoms with Crippen LogP contribution >= 0.6 is 23.1 Å². The van der Waals surface area contributed by atoms with E-state index in [1.165, 1.54) is 23.1 Å². The predicted molar refractivity (Wildman–Crippen MR) is 142 cm³/mol. The summed E-state index contributed by atoms with van der Waals surface area (Å²) >= 11 is 2.71. The molecule has 0 fully saturated rings. The number of nitrogens with one attached hydrogen (secondary N) is 2. The van der Waals surface area contributed by atoms with Crippen LogP contribution in [0.3, 0.4) is 0 Å². The Kier molecular flexibility index (Phi) is 8.40. The van der Waals surface area contributed by atoms with Gasteiger partial charge in [-0.25, -0.2) is 4.98 Å². The maximum Gasteiger partial charge on any atom is 0.307 e. The van der Waals surface area contributed by atoms with E-state index in [0.717, 1.165) is 16.2 Å². The number of carbonyl (C=O) groups is 3. The van der Waals surface area contributed by atoms with Gasteiger partial charge >= 0.3 is 5.97 Å². The minimum Gasteiger partial charge on any atom is -0.496 e. The lowest BCUT2D eigenvalue weighted by Gasteiger charge is -2.24. The van der Waals surface area contributed by atoms with Crippen LogP contribution in [0.4, 0.5) is 10.8 Å². The number of hydrogen-bond donors (Lipinski definition) is 3. The number of thiazole rings is 1. The number of amides is 2. The van der Waals surface area contributed by atoms with Gasteiger partial charge in [-0.15, -0.1) is 23.1 Å². The molecule has 0 spiro atoms. The number of carboxylic acid groups (broad SMARTS) is 1. The normalized spacial score (nSPS) is 16.8. The molecular formula is C26H25N3O5S2. The number of benzene rings is 2. The molecule has 1 aromatic heterocycles. The lowest BCUT2D eigenvalue weighted by Crippen LogP contribution is -2.34. The molecule has 0 aliphatic heterocycles. The molecule has 2 aromatic carbocycles. The second-order valence-electron chi connectivity index (χ2n) is 8.08. The summed E-state index contributed by atoms with van der Waals surface area (Å²) in [7, 11) is 1.61. The predicted octanol–water partition coefficient (Wildman–Crippen LogP) is 5.16. The fourth-order valence-corrected chi connectivity index (χ4v) is 5.29. The van der Waals surface area contributed by atoms with Gasteiger partial charge in [-0.05, 0) is 49.2 Å². The van der Waals surface area contributed by atoms with Crippen molar-refractivity contribution in [2.24, 2.45) is 11.8 Å². The Morgan fingerprint density at radius 1 is 1.06 bits per heavy atom. The summed E-state index contributed by atoms with van der Waals surface area (Å²) in [6.07, 6.45) is 4.41. The summed E-state index contributed by atoms with van der Waals surface area (Å²) in [5, 5.41) is 17.4. The fourth-order valence-electron chi connectivity index (χ4n) is 3.86. The van der Waals surface area contributed by atoms with Crippen molar-refractivity contribution >= 4 is 51.7 Å². The van der Waals surface area contributed by atoms with Crippen LogP contribution in [0, 0.1) is 11.8 Å². The van der Waals surface area contributed by atoms with Crippen LogP contribution in [-0.2, 0) is 14.4 Å². The second kappa shape index (κ2) is 11.9. The molecule has 186 valence electrons. The zero-order valence-electron chi connectivity index (χ0n) is 19.5. The van der Waals surface area contributed by atoms with E-state index in [1.807, 2.05) is 47.9 Å². The summed E-state index contributed by atoms with van der Waals surface area (Å²) in [6, 6.07) is 14.7. The first-order valence-electron chi connectivity index (χ1n) is 11.2. The molecule has 1 aliphatic rings. The molecular weight excluding hydrogens is 498 g/mol. The van der Waals surface area contributed by atoms with Crippen LogP contribution in [-0.4, -0.2) is 40.7 Å². The van der Waals surface area contributed by atoms with Gasteiger partial charge < -0.3 is 20.5 Å². The van der Waals surface area contributed by atoms with Gasteiger partial charge in [0.15, 0.2) is 5.13 Å². The molecule has 3 aromatic rings. The first-order chi connectivity index (χ1) is 17.4. The highest BCUT2D eigenvalue weighted by molar-refractivity contribution is 8.00. The second-order valence-corrected chi connectivity index (χ2v) is 9.99. The van der Waals surface area contributed by atoms with Crippen molar-refractivity contribution in [3.63, 3.8) is 0 Å². The first kappa shape index (κ1) is 25.5. The fraction of sp³-hybridized carbons (Fsp3) is 0.231. The van der Waals surface area contributed by atoms with E-state index in [9.17, 15) is 19.5 Å².